The van der Waals surface area contributed by atoms with Crippen LogP contribution in [-0.4, -0.2) is 39.5 Å². The van der Waals surface area contributed by atoms with Gasteiger partial charge in [0.25, 0.3) is 5.91 Å². The number of carbonyl (C=O) groups excluding carboxylic acids is 1. The van der Waals surface area contributed by atoms with Gasteiger partial charge < -0.3 is 14.6 Å². The summed E-state index contributed by atoms with van der Waals surface area (Å²) in [5.74, 6) is -2.73. The molecule has 0 spiro atoms. The number of rotatable bonds is 3. The fourth-order valence-electron chi connectivity index (χ4n) is 3.14. The molecule has 1 fully saturated rings. The highest BCUT2D eigenvalue weighted by Crippen LogP contribution is 2.34. The van der Waals surface area contributed by atoms with Crippen molar-refractivity contribution >= 4 is 11.9 Å². The largest absolute Gasteiger partial charge is 0.481 e. The third kappa shape index (κ3) is 2.84. The van der Waals surface area contributed by atoms with Crippen molar-refractivity contribution in [2.45, 2.75) is 5.92 Å². The van der Waals surface area contributed by atoms with Crippen molar-refractivity contribution < 1.29 is 19.1 Å². The predicted octanol–water partition coefficient (Wildman–Crippen LogP) is 2.10. The molecule has 2 atom stereocenters. The zero-order chi connectivity index (χ0) is 16.6. The van der Waals surface area contributed by atoms with Gasteiger partial charge in [0.1, 0.15) is 11.5 Å². The van der Waals surface area contributed by atoms with E-state index in [0.29, 0.717) is 11.3 Å². The van der Waals surface area contributed by atoms with Gasteiger partial charge in [0.2, 0.25) is 0 Å². The number of carboxylic acids is 1. The number of aliphatic carboxylic acids is 1. The highest BCUT2D eigenvalue weighted by Gasteiger charge is 2.41. The van der Waals surface area contributed by atoms with Gasteiger partial charge in [0, 0.05) is 32.3 Å². The molecule has 1 aromatic carbocycles. The van der Waals surface area contributed by atoms with Gasteiger partial charge in [-0.1, -0.05) is 12.1 Å². The van der Waals surface area contributed by atoms with E-state index in [9.17, 15) is 19.1 Å². The first-order chi connectivity index (χ1) is 11.0. The first-order valence-corrected chi connectivity index (χ1v) is 7.36. The number of aryl methyl sites for hydroxylation is 1. The molecular formula is C17H17FN2O3. The Bertz CT molecular complexity index is 756. The molecule has 6 heteroatoms. The van der Waals surface area contributed by atoms with Crippen LogP contribution in [0.2, 0.25) is 0 Å². The van der Waals surface area contributed by atoms with Crippen LogP contribution in [-0.2, 0) is 11.8 Å². The van der Waals surface area contributed by atoms with Crippen molar-refractivity contribution in [1.82, 2.24) is 9.47 Å². The third-order valence-corrected chi connectivity index (χ3v) is 4.36. The molecule has 1 aromatic heterocycles. The van der Waals surface area contributed by atoms with Gasteiger partial charge in [-0.3, -0.25) is 9.59 Å². The smallest absolute Gasteiger partial charge is 0.308 e. The van der Waals surface area contributed by atoms with Gasteiger partial charge in [-0.05, 0) is 29.8 Å². The van der Waals surface area contributed by atoms with Crippen LogP contribution in [0.15, 0.2) is 42.6 Å². The average molecular weight is 316 g/mol. The predicted molar refractivity (Wildman–Crippen MR) is 81.6 cm³/mol. The molecule has 1 aliphatic rings. The minimum atomic E-state index is -0.971. The lowest BCUT2D eigenvalue weighted by Gasteiger charge is -2.17. The van der Waals surface area contributed by atoms with Crippen LogP contribution in [0.5, 0.6) is 0 Å². The molecule has 1 N–H and O–H groups in total. The number of hydrogen-bond acceptors (Lipinski definition) is 2. The third-order valence-electron chi connectivity index (χ3n) is 4.36. The highest BCUT2D eigenvalue weighted by atomic mass is 19.1. The van der Waals surface area contributed by atoms with Gasteiger partial charge in [-0.2, -0.15) is 0 Å². The molecule has 0 bridgehead atoms. The lowest BCUT2D eigenvalue weighted by molar-refractivity contribution is -0.141. The maximum absolute atomic E-state index is 13.4. The van der Waals surface area contributed by atoms with Gasteiger partial charge in [-0.15, -0.1) is 0 Å². The van der Waals surface area contributed by atoms with Crippen molar-refractivity contribution in [2.24, 2.45) is 13.0 Å². The van der Waals surface area contributed by atoms with Crippen LogP contribution >= 0.6 is 0 Å². The molecule has 0 saturated carbocycles. The summed E-state index contributed by atoms with van der Waals surface area (Å²) in [7, 11) is 1.77. The fraction of sp³-hybridized carbons (Fsp3) is 0.294. The van der Waals surface area contributed by atoms with E-state index in [1.165, 1.54) is 17.0 Å². The molecular weight excluding hydrogens is 299 g/mol. The van der Waals surface area contributed by atoms with E-state index in [0.717, 1.165) is 0 Å². The number of nitrogens with zero attached hydrogens (tertiary/aromatic N) is 2. The van der Waals surface area contributed by atoms with Crippen molar-refractivity contribution in [3.05, 3.63) is 59.7 Å². The second-order valence-corrected chi connectivity index (χ2v) is 5.82. The van der Waals surface area contributed by atoms with Crippen LogP contribution in [0, 0.1) is 11.7 Å². The van der Waals surface area contributed by atoms with Crippen molar-refractivity contribution in [1.29, 1.82) is 0 Å². The Morgan fingerprint density at radius 3 is 2.61 bits per heavy atom. The molecule has 23 heavy (non-hydrogen) atoms. The van der Waals surface area contributed by atoms with E-state index in [1.54, 1.807) is 42.1 Å². The Balaban J connectivity index is 1.88. The summed E-state index contributed by atoms with van der Waals surface area (Å²) < 4.78 is 15.2. The van der Waals surface area contributed by atoms with Crippen LogP contribution < -0.4 is 0 Å². The Morgan fingerprint density at radius 1 is 1.22 bits per heavy atom. The monoisotopic (exact) mass is 316 g/mol. The standard InChI is InChI=1S/C17H17FN2O3/c1-19-7-3-6-15(19)16(21)20-9-13(14(10-20)17(22)23)11-4-2-5-12(18)8-11/h2-8,13-14H,9-10H2,1H3,(H,22,23). The fourth-order valence-corrected chi connectivity index (χ4v) is 3.14. The molecule has 5 nitrogen and oxygen atoms in total. The van der Waals surface area contributed by atoms with Gasteiger partial charge in [0.05, 0.1) is 5.92 Å². The van der Waals surface area contributed by atoms with Crippen molar-refractivity contribution in [2.75, 3.05) is 13.1 Å². The zero-order valence-electron chi connectivity index (χ0n) is 12.6. The Hall–Kier alpha value is -2.63. The molecule has 1 aliphatic heterocycles. The Labute approximate surface area is 132 Å². The lowest BCUT2D eigenvalue weighted by Crippen LogP contribution is -2.31. The summed E-state index contributed by atoms with van der Waals surface area (Å²) in [5.41, 5.74) is 1.12. The Kier molecular flexibility index (Phi) is 3.90. The lowest BCUT2D eigenvalue weighted by atomic mass is 9.89. The number of benzene rings is 1. The number of aromatic nitrogens is 1. The number of hydrogen-bond donors (Lipinski definition) is 1. The summed E-state index contributed by atoms with van der Waals surface area (Å²) in [6.07, 6.45) is 1.77. The maximum Gasteiger partial charge on any atom is 0.308 e. The first kappa shape index (κ1) is 15.3. The molecule has 2 heterocycles. The van der Waals surface area contributed by atoms with Gasteiger partial charge in [0.15, 0.2) is 0 Å². The number of carbonyl (C=O) groups is 2. The second-order valence-electron chi connectivity index (χ2n) is 5.82. The summed E-state index contributed by atoms with van der Waals surface area (Å²) >= 11 is 0. The molecule has 1 amide bonds. The van der Waals surface area contributed by atoms with Crippen LogP contribution in [0.4, 0.5) is 4.39 Å². The van der Waals surface area contributed by atoms with Gasteiger partial charge in [-0.25, -0.2) is 4.39 Å². The number of amides is 1. The second kappa shape index (κ2) is 5.87. The number of likely N-dealkylation sites (tertiary alicyclic amines) is 1. The van der Waals surface area contributed by atoms with Crippen LogP contribution in [0.1, 0.15) is 22.0 Å². The highest BCUT2D eigenvalue weighted by molar-refractivity contribution is 5.93. The van der Waals surface area contributed by atoms with E-state index in [1.807, 2.05) is 0 Å². The summed E-state index contributed by atoms with van der Waals surface area (Å²) in [4.78, 5) is 25.7. The summed E-state index contributed by atoms with van der Waals surface area (Å²) in [6, 6.07) is 9.40. The summed E-state index contributed by atoms with van der Waals surface area (Å²) in [6.45, 7) is 0.394. The van der Waals surface area contributed by atoms with Crippen LogP contribution in [0.25, 0.3) is 0 Å². The minimum absolute atomic E-state index is 0.126. The first-order valence-electron chi connectivity index (χ1n) is 7.36. The molecule has 0 radical (unpaired) electrons. The van der Waals surface area contributed by atoms with E-state index in [-0.39, 0.29) is 19.0 Å². The van der Waals surface area contributed by atoms with Crippen molar-refractivity contribution in [3.63, 3.8) is 0 Å². The Morgan fingerprint density at radius 2 is 2.00 bits per heavy atom. The van der Waals surface area contributed by atoms with Crippen LogP contribution in [0.3, 0.4) is 0 Å². The quantitative estimate of drug-likeness (QED) is 0.943. The molecule has 3 rings (SSSR count). The topological polar surface area (TPSA) is 62.5 Å². The SMILES string of the molecule is Cn1cccc1C(=O)N1CC(C(=O)O)C(c2cccc(F)c2)C1. The summed E-state index contributed by atoms with van der Waals surface area (Å²) in [5, 5.41) is 9.46. The zero-order valence-corrected chi connectivity index (χ0v) is 12.6. The van der Waals surface area contributed by atoms with E-state index < -0.39 is 23.6 Å². The maximum atomic E-state index is 13.4. The van der Waals surface area contributed by atoms with E-state index in [4.69, 9.17) is 0 Å². The number of halogens is 1. The van der Waals surface area contributed by atoms with E-state index >= 15 is 0 Å². The van der Waals surface area contributed by atoms with Gasteiger partial charge >= 0.3 is 5.97 Å². The average Bonchev–Trinajstić information content (AvgIpc) is 3.13. The van der Waals surface area contributed by atoms with E-state index in [2.05, 4.69) is 0 Å². The molecule has 1 saturated heterocycles. The van der Waals surface area contributed by atoms with Crippen molar-refractivity contribution in [3.8, 4) is 0 Å². The normalized spacial score (nSPS) is 20.7. The minimum Gasteiger partial charge on any atom is -0.481 e. The molecule has 0 aliphatic carbocycles. The molecule has 2 unspecified atom stereocenters. The molecule has 2 aromatic rings. The number of carboxylic acid groups (broad SMARTS) is 1. The molecule has 120 valence electrons.